The Morgan fingerprint density at radius 1 is 1.17 bits per heavy atom. The van der Waals surface area contributed by atoms with Gasteiger partial charge in [-0.25, -0.2) is 9.97 Å². The maximum absolute atomic E-state index is 11.6. The van der Waals surface area contributed by atoms with E-state index in [1.807, 2.05) is 24.3 Å². The van der Waals surface area contributed by atoms with Crippen molar-refractivity contribution >= 4 is 44.7 Å². The van der Waals surface area contributed by atoms with E-state index in [-0.39, 0.29) is 5.91 Å². The molecule has 0 bridgehead atoms. The molecule has 1 aliphatic rings. The molecule has 3 aromatic rings. The van der Waals surface area contributed by atoms with Crippen LogP contribution < -0.4 is 10.2 Å². The Hall–Kier alpha value is -2.51. The van der Waals surface area contributed by atoms with Crippen LogP contribution in [0.25, 0.3) is 10.2 Å². The fraction of sp³-hybridized carbons (Fsp3) is 0.409. The molecule has 152 valence electrons. The number of aromatic nitrogens is 2. The molecule has 3 heterocycles. The molecule has 0 unspecified atom stereocenters. The molecule has 2 aromatic heterocycles. The second-order valence-corrected chi connectivity index (χ2v) is 8.89. The van der Waals surface area contributed by atoms with Gasteiger partial charge in [0.05, 0.1) is 11.9 Å². The lowest BCUT2D eigenvalue weighted by Gasteiger charge is -2.17. The van der Waals surface area contributed by atoms with Crippen LogP contribution in [-0.4, -0.2) is 40.9 Å². The number of thiophene rings is 1. The van der Waals surface area contributed by atoms with Gasteiger partial charge in [-0.1, -0.05) is 0 Å². The predicted octanol–water partition coefficient (Wildman–Crippen LogP) is 4.63. The second-order valence-electron chi connectivity index (χ2n) is 7.69. The minimum atomic E-state index is 0.0131. The van der Waals surface area contributed by atoms with E-state index in [4.69, 9.17) is 9.97 Å². The minimum absolute atomic E-state index is 0.0131. The maximum atomic E-state index is 11.6. The zero-order valence-corrected chi connectivity index (χ0v) is 18.3. The molecule has 0 spiro atoms. The monoisotopic (exact) mass is 409 g/mol. The molecule has 0 radical (unpaired) electrons. The van der Waals surface area contributed by atoms with E-state index in [1.54, 1.807) is 30.2 Å². The molecule has 7 heteroatoms. The molecular weight excluding hydrogens is 382 g/mol. The molecule has 0 saturated carbocycles. The average Bonchev–Trinajstić information content (AvgIpc) is 3.30. The number of hydrogen-bond acceptors (Lipinski definition) is 6. The third-order valence-corrected chi connectivity index (χ3v) is 6.73. The summed E-state index contributed by atoms with van der Waals surface area (Å²) < 4.78 is 0. The summed E-state index contributed by atoms with van der Waals surface area (Å²) in [6, 6.07) is 7.85. The number of amides is 1. The Morgan fingerprint density at radius 2 is 1.86 bits per heavy atom. The van der Waals surface area contributed by atoms with Crippen molar-refractivity contribution in [2.75, 3.05) is 30.4 Å². The fourth-order valence-corrected chi connectivity index (χ4v) is 4.73. The summed E-state index contributed by atoms with van der Waals surface area (Å²) >= 11 is 1.73. The van der Waals surface area contributed by atoms with Crippen molar-refractivity contribution in [2.45, 2.75) is 40.2 Å². The van der Waals surface area contributed by atoms with Crippen LogP contribution in [0.1, 0.15) is 36.0 Å². The Morgan fingerprint density at radius 3 is 2.52 bits per heavy atom. The van der Waals surface area contributed by atoms with E-state index in [0.29, 0.717) is 0 Å². The quantitative estimate of drug-likeness (QED) is 0.666. The van der Waals surface area contributed by atoms with Crippen molar-refractivity contribution < 1.29 is 4.79 Å². The van der Waals surface area contributed by atoms with E-state index < -0.39 is 0 Å². The van der Waals surface area contributed by atoms with Crippen LogP contribution in [0.4, 0.5) is 17.2 Å². The zero-order valence-electron chi connectivity index (χ0n) is 17.5. The van der Waals surface area contributed by atoms with Crippen molar-refractivity contribution in [1.82, 2.24) is 14.9 Å². The first kappa shape index (κ1) is 19.8. The summed E-state index contributed by atoms with van der Waals surface area (Å²) in [6.45, 7) is 8.87. The standard InChI is InChI=1S/C22H27N5OS/c1-14-15(2)29-22-20(14)21(24-19(25-22)13-27-11-5-6-12-27)23-17-7-9-18(10-8-17)26(4)16(3)28/h7-10H,5-6,11-13H2,1-4H3,(H,23,24,25). The Kier molecular flexibility index (Phi) is 5.52. The topological polar surface area (TPSA) is 61.4 Å². The zero-order chi connectivity index (χ0) is 20.5. The first-order valence-electron chi connectivity index (χ1n) is 10.0. The van der Waals surface area contributed by atoms with Crippen LogP contribution >= 0.6 is 11.3 Å². The Balaban J connectivity index is 1.66. The van der Waals surface area contributed by atoms with Crippen LogP contribution in [0, 0.1) is 13.8 Å². The van der Waals surface area contributed by atoms with Gasteiger partial charge >= 0.3 is 0 Å². The SMILES string of the molecule is CC(=O)N(C)c1ccc(Nc2nc(CN3CCCC3)nc3sc(C)c(C)c23)cc1. The molecule has 1 N–H and O–H groups in total. The van der Waals surface area contributed by atoms with Crippen molar-refractivity contribution in [1.29, 1.82) is 0 Å². The highest BCUT2D eigenvalue weighted by Crippen LogP contribution is 2.35. The van der Waals surface area contributed by atoms with Crippen molar-refractivity contribution in [3.05, 3.63) is 40.5 Å². The predicted molar refractivity (Wildman–Crippen MR) is 120 cm³/mol. The van der Waals surface area contributed by atoms with Crippen LogP contribution in [0.5, 0.6) is 0 Å². The smallest absolute Gasteiger partial charge is 0.223 e. The molecule has 0 aliphatic carbocycles. The number of anilines is 3. The molecule has 29 heavy (non-hydrogen) atoms. The highest BCUT2D eigenvalue weighted by Gasteiger charge is 2.18. The molecular formula is C22H27N5OS. The summed E-state index contributed by atoms with van der Waals surface area (Å²) in [5.74, 6) is 1.74. The van der Waals surface area contributed by atoms with E-state index in [0.717, 1.165) is 52.9 Å². The summed E-state index contributed by atoms with van der Waals surface area (Å²) in [6.07, 6.45) is 2.51. The van der Waals surface area contributed by atoms with E-state index in [1.165, 1.54) is 23.3 Å². The molecule has 1 aromatic carbocycles. The molecule has 0 atom stereocenters. The van der Waals surface area contributed by atoms with Gasteiger partial charge in [-0.2, -0.15) is 0 Å². The number of fused-ring (bicyclic) bond motifs is 1. The summed E-state index contributed by atoms with van der Waals surface area (Å²) in [4.78, 5) is 27.7. The summed E-state index contributed by atoms with van der Waals surface area (Å²) in [7, 11) is 1.78. The molecule has 6 nitrogen and oxygen atoms in total. The Labute approximate surface area is 175 Å². The molecule has 1 fully saturated rings. The van der Waals surface area contributed by atoms with Crippen molar-refractivity contribution in [3.63, 3.8) is 0 Å². The molecule has 1 aliphatic heterocycles. The largest absolute Gasteiger partial charge is 0.340 e. The minimum Gasteiger partial charge on any atom is -0.340 e. The van der Waals surface area contributed by atoms with Gasteiger partial charge in [-0.3, -0.25) is 9.69 Å². The third kappa shape index (κ3) is 4.11. The van der Waals surface area contributed by atoms with Gasteiger partial charge < -0.3 is 10.2 Å². The van der Waals surface area contributed by atoms with Gasteiger partial charge in [0.25, 0.3) is 0 Å². The number of nitrogens with zero attached hydrogens (tertiary/aromatic N) is 4. The van der Waals surface area contributed by atoms with Crippen LogP contribution in [-0.2, 0) is 11.3 Å². The van der Waals surface area contributed by atoms with Gasteiger partial charge in [0.2, 0.25) is 5.91 Å². The van der Waals surface area contributed by atoms with Crippen LogP contribution in [0.15, 0.2) is 24.3 Å². The number of hydrogen-bond donors (Lipinski definition) is 1. The van der Waals surface area contributed by atoms with Gasteiger partial charge in [-0.15, -0.1) is 11.3 Å². The lowest BCUT2D eigenvalue weighted by molar-refractivity contribution is -0.116. The lowest BCUT2D eigenvalue weighted by Crippen LogP contribution is -2.22. The molecule has 1 saturated heterocycles. The number of likely N-dealkylation sites (tertiary alicyclic amines) is 1. The highest BCUT2D eigenvalue weighted by molar-refractivity contribution is 7.18. The maximum Gasteiger partial charge on any atom is 0.223 e. The highest BCUT2D eigenvalue weighted by atomic mass is 32.1. The second kappa shape index (κ2) is 8.08. The van der Waals surface area contributed by atoms with Gasteiger partial charge in [0.1, 0.15) is 16.5 Å². The first-order chi connectivity index (χ1) is 13.9. The number of nitrogens with one attached hydrogen (secondary N) is 1. The molecule has 1 amide bonds. The third-order valence-electron chi connectivity index (χ3n) is 5.63. The van der Waals surface area contributed by atoms with E-state index in [2.05, 4.69) is 24.1 Å². The van der Waals surface area contributed by atoms with Gasteiger partial charge in [-0.05, 0) is 69.6 Å². The van der Waals surface area contributed by atoms with Gasteiger partial charge in [0.15, 0.2) is 0 Å². The number of carbonyl (C=O) groups is 1. The van der Waals surface area contributed by atoms with Crippen molar-refractivity contribution in [3.8, 4) is 0 Å². The number of aryl methyl sites for hydroxylation is 2. The number of carbonyl (C=O) groups excluding carboxylic acids is 1. The van der Waals surface area contributed by atoms with Gasteiger partial charge in [0, 0.05) is 30.2 Å². The van der Waals surface area contributed by atoms with E-state index >= 15 is 0 Å². The summed E-state index contributed by atoms with van der Waals surface area (Å²) in [5, 5.41) is 4.59. The lowest BCUT2D eigenvalue weighted by atomic mass is 10.2. The average molecular weight is 410 g/mol. The first-order valence-corrected chi connectivity index (χ1v) is 10.8. The van der Waals surface area contributed by atoms with E-state index in [9.17, 15) is 4.79 Å². The van der Waals surface area contributed by atoms with Crippen LogP contribution in [0.2, 0.25) is 0 Å². The number of benzene rings is 1. The fourth-order valence-electron chi connectivity index (χ4n) is 3.68. The van der Waals surface area contributed by atoms with Crippen molar-refractivity contribution in [2.24, 2.45) is 0 Å². The Bertz CT molecular complexity index is 1040. The molecule has 4 rings (SSSR count). The summed E-state index contributed by atoms with van der Waals surface area (Å²) in [5.41, 5.74) is 3.04. The normalized spacial score (nSPS) is 14.5. The number of rotatable bonds is 5. The van der Waals surface area contributed by atoms with Crippen LogP contribution in [0.3, 0.4) is 0 Å².